The molecule has 33 heavy (non-hydrogen) atoms. The van der Waals surface area contributed by atoms with E-state index in [1.165, 1.54) is 36.1 Å². The molecule has 0 bridgehead atoms. The molecule has 4 rings (SSSR count). The summed E-state index contributed by atoms with van der Waals surface area (Å²) in [4.78, 5) is 24.6. The van der Waals surface area contributed by atoms with Gasteiger partial charge in [0, 0.05) is 0 Å². The van der Waals surface area contributed by atoms with Crippen LogP contribution in [0.1, 0.15) is 46.1 Å². The van der Waals surface area contributed by atoms with E-state index in [0.717, 1.165) is 24.8 Å². The fourth-order valence-corrected chi connectivity index (χ4v) is 4.78. The SMILES string of the molecule is O=C(COC(=O)c1ccc(S(=O)(=O)NCc2ccco2)cc1)N[C@H]1CCCc2ccccc21. The van der Waals surface area contributed by atoms with E-state index in [1.807, 2.05) is 18.2 Å². The van der Waals surface area contributed by atoms with Crippen molar-refractivity contribution in [2.75, 3.05) is 6.61 Å². The Hall–Kier alpha value is -3.43. The molecular weight excluding hydrogens is 444 g/mol. The van der Waals surface area contributed by atoms with Crippen LogP contribution >= 0.6 is 0 Å². The first-order chi connectivity index (χ1) is 15.9. The number of rotatable bonds is 8. The molecule has 8 nitrogen and oxygen atoms in total. The number of carbonyl (C=O) groups is 2. The average Bonchev–Trinajstić information content (AvgIpc) is 3.36. The van der Waals surface area contributed by atoms with Crippen LogP contribution in [0.3, 0.4) is 0 Å². The van der Waals surface area contributed by atoms with E-state index >= 15 is 0 Å². The van der Waals surface area contributed by atoms with Crippen molar-refractivity contribution >= 4 is 21.9 Å². The molecule has 1 aliphatic rings. The minimum absolute atomic E-state index is 0.000636. The topological polar surface area (TPSA) is 115 Å². The van der Waals surface area contributed by atoms with Crippen LogP contribution in [0.5, 0.6) is 0 Å². The third-order valence-corrected chi connectivity index (χ3v) is 6.87. The summed E-state index contributed by atoms with van der Waals surface area (Å²) in [5.41, 5.74) is 2.47. The zero-order valence-electron chi connectivity index (χ0n) is 17.8. The molecule has 2 aromatic carbocycles. The van der Waals surface area contributed by atoms with Crippen LogP contribution in [0.4, 0.5) is 0 Å². The van der Waals surface area contributed by atoms with Crippen LogP contribution in [-0.2, 0) is 32.5 Å². The van der Waals surface area contributed by atoms with Gasteiger partial charge in [-0.3, -0.25) is 4.79 Å². The summed E-state index contributed by atoms with van der Waals surface area (Å²) < 4.78 is 37.4. The first-order valence-electron chi connectivity index (χ1n) is 10.6. The Kier molecular flexibility index (Phi) is 6.90. The van der Waals surface area contributed by atoms with Crippen molar-refractivity contribution in [1.82, 2.24) is 10.0 Å². The van der Waals surface area contributed by atoms with Gasteiger partial charge in [-0.2, -0.15) is 0 Å². The fourth-order valence-electron chi connectivity index (χ4n) is 3.79. The summed E-state index contributed by atoms with van der Waals surface area (Å²) in [6.07, 6.45) is 4.26. The molecule has 3 aromatic rings. The number of sulfonamides is 1. The molecule has 0 saturated heterocycles. The van der Waals surface area contributed by atoms with Crippen molar-refractivity contribution in [3.63, 3.8) is 0 Å². The maximum absolute atomic E-state index is 12.4. The molecule has 0 fully saturated rings. The molecule has 172 valence electrons. The number of amides is 1. The number of ether oxygens (including phenoxy) is 1. The van der Waals surface area contributed by atoms with Gasteiger partial charge in [0.05, 0.1) is 29.3 Å². The summed E-state index contributed by atoms with van der Waals surface area (Å²) in [7, 11) is -3.77. The van der Waals surface area contributed by atoms with Crippen LogP contribution in [-0.4, -0.2) is 26.9 Å². The Morgan fingerprint density at radius 3 is 2.58 bits per heavy atom. The highest BCUT2D eigenvalue weighted by atomic mass is 32.2. The minimum Gasteiger partial charge on any atom is -0.468 e. The standard InChI is InChI=1S/C24H24N2O6S/c27-23(26-22-9-3-6-17-5-1-2-8-21(17)22)16-32-24(28)18-10-12-20(13-11-18)33(29,30)25-15-19-7-4-14-31-19/h1-2,4-5,7-8,10-14,22,25H,3,6,9,15-16H2,(H,26,27)/t22-/m0/s1. The quantitative estimate of drug-likeness (QED) is 0.491. The van der Waals surface area contributed by atoms with Crippen molar-refractivity contribution in [3.8, 4) is 0 Å². The predicted octanol–water partition coefficient (Wildman–Crippen LogP) is 3.11. The predicted molar refractivity (Wildman–Crippen MR) is 120 cm³/mol. The highest BCUT2D eigenvalue weighted by Gasteiger charge is 2.22. The number of hydrogen-bond acceptors (Lipinski definition) is 6. The largest absolute Gasteiger partial charge is 0.468 e. The lowest BCUT2D eigenvalue weighted by molar-refractivity contribution is -0.125. The molecule has 1 aromatic heterocycles. The Labute approximate surface area is 192 Å². The number of aryl methyl sites for hydroxylation is 1. The molecule has 1 aliphatic carbocycles. The van der Waals surface area contributed by atoms with E-state index in [1.54, 1.807) is 12.1 Å². The zero-order valence-corrected chi connectivity index (χ0v) is 18.6. The second-order valence-corrected chi connectivity index (χ2v) is 9.48. The lowest BCUT2D eigenvalue weighted by Gasteiger charge is -2.26. The lowest BCUT2D eigenvalue weighted by Crippen LogP contribution is -2.34. The molecule has 0 saturated carbocycles. The fraction of sp³-hybridized carbons (Fsp3) is 0.250. The summed E-state index contributed by atoms with van der Waals surface area (Å²) >= 11 is 0. The minimum atomic E-state index is -3.77. The average molecular weight is 469 g/mol. The molecule has 2 N–H and O–H groups in total. The van der Waals surface area contributed by atoms with E-state index in [0.29, 0.717) is 5.76 Å². The highest BCUT2D eigenvalue weighted by Crippen LogP contribution is 2.29. The van der Waals surface area contributed by atoms with Crippen molar-refractivity contribution in [1.29, 1.82) is 0 Å². The molecule has 1 heterocycles. The third kappa shape index (κ3) is 5.68. The summed E-state index contributed by atoms with van der Waals surface area (Å²) in [5, 5.41) is 2.93. The monoisotopic (exact) mass is 468 g/mol. The molecular formula is C24H24N2O6S. The summed E-state index contributed by atoms with van der Waals surface area (Å²) in [5.74, 6) is -0.609. The maximum Gasteiger partial charge on any atom is 0.338 e. The van der Waals surface area contributed by atoms with Crippen LogP contribution in [0.15, 0.2) is 76.2 Å². The molecule has 9 heteroatoms. The Bertz CT molecular complexity index is 1220. The second kappa shape index (κ2) is 10.0. The van der Waals surface area contributed by atoms with Crippen LogP contribution in [0, 0.1) is 0 Å². The third-order valence-electron chi connectivity index (χ3n) is 5.46. The van der Waals surface area contributed by atoms with Gasteiger partial charge in [0.1, 0.15) is 5.76 Å². The van der Waals surface area contributed by atoms with Gasteiger partial charge in [0.25, 0.3) is 5.91 Å². The first kappa shape index (κ1) is 22.8. The lowest BCUT2D eigenvalue weighted by atomic mass is 9.88. The normalized spacial score (nSPS) is 15.5. The Morgan fingerprint density at radius 1 is 1.03 bits per heavy atom. The molecule has 0 aliphatic heterocycles. The van der Waals surface area contributed by atoms with Crippen molar-refractivity contribution in [3.05, 3.63) is 89.4 Å². The van der Waals surface area contributed by atoms with Crippen LogP contribution in [0.25, 0.3) is 0 Å². The van der Waals surface area contributed by atoms with Gasteiger partial charge in [-0.05, 0) is 66.8 Å². The number of esters is 1. The van der Waals surface area contributed by atoms with E-state index in [2.05, 4.69) is 16.1 Å². The maximum atomic E-state index is 12.4. The van der Waals surface area contributed by atoms with Crippen LogP contribution < -0.4 is 10.0 Å². The van der Waals surface area contributed by atoms with E-state index in [-0.39, 0.29) is 29.0 Å². The number of hydrogen-bond donors (Lipinski definition) is 2. The summed E-state index contributed by atoms with van der Waals surface area (Å²) in [6, 6.07) is 16.5. The highest BCUT2D eigenvalue weighted by molar-refractivity contribution is 7.89. The number of furan rings is 1. The van der Waals surface area contributed by atoms with Crippen LogP contribution in [0.2, 0.25) is 0 Å². The van der Waals surface area contributed by atoms with E-state index in [4.69, 9.17) is 9.15 Å². The van der Waals surface area contributed by atoms with Gasteiger partial charge in [-0.25, -0.2) is 17.9 Å². The van der Waals surface area contributed by atoms with Gasteiger partial charge >= 0.3 is 5.97 Å². The van der Waals surface area contributed by atoms with Crippen molar-refractivity contribution < 1.29 is 27.2 Å². The van der Waals surface area contributed by atoms with Gasteiger partial charge in [-0.1, -0.05) is 24.3 Å². The van der Waals surface area contributed by atoms with Crippen molar-refractivity contribution in [2.24, 2.45) is 0 Å². The zero-order chi connectivity index (χ0) is 23.3. The van der Waals surface area contributed by atoms with Gasteiger partial charge in [-0.15, -0.1) is 0 Å². The van der Waals surface area contributed by atoms with Gasteiger partial charge in [0.15, 0.2) is 6.61 Å². The van der Waals surface area contributed by atoms with Gasteiger partial charge < -0.3 is 14.5 Å². The molecule has 1 amide bonds. The molecule has 1 atom stereocenters. The number of carbonyl (C=O) groups excluding carboxylic acids is 2. The van der Waals surface area contributed by atoms with Gasteiger partial charge in [0.2, 0.25) is 10.0 Å². The number of fused-ring (bicyclic) bond motifs is 1. The smallest absolute Gasteiger partial charge is 0.338 e. The molecule has 0 radical (unpaired) electrons. The molecule has 0 spiro atoms. The Morgan fingerprint density at radius 2 is 1.82 bits per heavy atom. The first-order valence-corrected chi connectivity index (χ1v) is 12.1. The number of benzene rings is 2. The van der Waals surface area contributed by atoms with E-state index < -0.39 is 22.6 Å². The number of nitrogens with one attached hydrogen (secondary N) is 2. The summed E-state index contributed by atoms with van der Waals surface area (Å²) in [6.45, 7) is -0.401. The van der Waals surface area contributed by atoms with E-state index in [9.17, 15) is 18.0 Å². The Balaban J connectivity index is 1.29. The second-order valence-electron chi connectivity index (χ2n) is 7.72. The van der Waals surface area contributed by atoms with Crippen molar-refractivity contribution in [2.45, 2.75) is 36.7 Å². The molecule has 0 unspecified atom stereocenters.